The topological polar surface area (TPSA) is 43.3 Å². The van der Waals surface area contributed by atoms with Crippen molar-refractivity contribution in [2.45, 2.75) is 13.0 Å². The number of carbonyl (C=O) groups is 1. The van der Waals surface area contributed by atoms with Crippen LogP contribution in [-0.4, -0.2) is 24.1 Å². The highest BCUT2D eigenvalue weighted by molar-refractivity contribution is 7.13. The number of methoxy groups -OCH3 is 1. The van der Waals surface area contributed by atoms with E-state index in [1.165, 1.54) is 4.88 Å². The van der Waals surface area contributed by atoms with E-state index in [0.717, 1.165) is 34.3 Å². The van der Waals surface area contributed by atoms with Gasteiger partial charge in [-0.05, 0) is 47.7 Å². The van der Waals surface area contributed by atoms with Gasteiger partial charge in [-0.1, -0.05) is 36.4 Å². The molecule has 1 amide bonds. The highest BCUT2D eigenvalue weighted by Crippen LogP contribution is 2.31. The van der Waals surface area contributed by atoms with Crippen molar-refractivity contribution in [2.24, 2.45) is 0 Å². The molecule has 2 heterocycles. The minimum Gasteiger partial charge on any atom is -0.497 e. The Balaban J connectivity index is 1.47. The normalized spacial score (nSPS) is 10.9. The van der Waals surface area contributed by atoms with Crippen LogP contribution >= 0.6 is 11.3 Å². The molecule has 0 aliphatic carbocycles. The minimum atomic E-state index is 0.0158. The van der Waals surface area contributed by atoms with Gasteiger partial charge in [0.25, 0.3) is 0 Å². The van der Waals surface area contributed by atoms with Crippen LogP contribution in [0, 0.1) is 0 Å². The summed E-state index contributed by atoms with van der Waals surface area (Å²) in [6, 6.07) is 22.4. The zero-order valence-electron chi connectivity index (χ0n) is 15.7. The lowest BCUT2D eigenvalue weighted by Gasteiger charge is -2.11. The molecule has 1 N–H and O–H groups in total. The zero-order valence-corrected chi connectivity index (χ0v) is 16.5. The number of ether oxygens (including phenoxy) is 1. The summed E-state index contributed by atoms with van der Waals surface area (Å²) in [5, 5.41) is 6.26. The van der Waals surface area contributed by atoms with E-state index in [4.69, 9.17) is 4.74 Å². The monoisotopic (exact) mass is 390 g/mol. The number of rotatable bonds is 7. The summed E-state index contributed by atoms with van der Waals surface area (Å²) < 4.78 is 7.35. The number of nitrogens with one attached hydrogen (secondary N) is 1. The molecule has 2 aromatic carbocycles. The molecule has 0 saturated carbocycles. The Morgan fingerprint density at radius 1 is 1.07 bits per heavy atom. The van der Waals surface area contributed by atoms with Gasteiger partial charge in [-0.2, -0.15) is 0 Å². The van der Waals surface area contributed by atoms with E-state index in [0.29, 0.717) is 13.1 Å². The second-order valence-electron chi connectivity index (χ2n) is 6.60. The molecule has 0 saturated heterocycles. The van der Waals surface area contributed by atoms with Crippen LogP contribution in [0.3, 0.4) is 0 Å². The maximum atomic E-state index is 12.6. The first-order valence-corrected chi connectivity index (χ1v) is 10.1. The number of aromatic nitrogens is 1. The summed E-state index contributed by atoms with van der Waals surface area (Å²) in [6.45, 7) is 0.901. The van der Waals surface area contributed by atoms with Gasteiger partial charge in [0, 0.05) is 17.4 Å². The molecule has 0 atom stereocenters. The summed E-state index contributed by atoms with van der Waals surface area (Å²) in [4.78, 5) is 13.8. The Labute approximate surface area is 168 Å². The molecular weight excluding hydrogens is 368 g/mol. The number of fused-ring (bicyclic) bond motifs is 1. The van der Waals surface area contributed by atoms with Crippen LogP contribution in [0.25, 0.3) is 21.5 Å². The van der Waals surface area contributed by atoms with Crippen LogP contribution < -0.4 is 10.1 Å². The van der Waals surface area contributed by atoms with Gasteiger partial charge in [0.2, 0.25) is 5.91 Å². The number of para-hydroxylation sites is 1. The Kier molecular flexibility index (Phi) is 5.44. The second-order valence-corrected chi connectivity index (χ2v) is 7.55. The van der Waals surface area contributed by atoms with Crippen molar-refractivity contribution in [1.29, 1.82) is 0 Å². The number of carbonyl (C=O) groups excluding carboxylic acids is 1. The van der Waals surface area contributed by atoms with E-state index in [-0.39, 0.29) is 5.91 Å². The third-order valence-electron chi connectivity index (χ3n) is 4.76. The van der Waals surface area contributed by atoms with Gasteiger partial charge in [0.1, 0.15) is 12.3 Å². The molecule has 5 heteroatoms. The molecule has 0 aliphatic heterocycles. The predicted molar refractivity (Wildman–Crippen MR) is 115 cm³/mol. The Bertz CT molecular complexity index is 1080. The lowest BCUT2D eigenvalue weighted by atomic mass is 10.1. The third kappa shape index (κ3) is 3.94. The van der Waals surface area contributed by atoms with E-state index in [1.807, 2.05) is 42.5 Å². The van der Waals surface area contributed by atoms with Crippen LogP contribution in [0.5, 0.6) is 5.75 Å². The fraction of sp³-hybridized carbons (Fsp3) is 0.174. The first-order valence-electron chi connectivity index (χ1n) is 9.26. The van der Waals surface area contributed by atoms with Crippen molar-refractivity contribution < 1.29 is 9.53 Å². The van der Waals surface area contributed by atoms with Gasteiger partial charge < -0.3 is 14.6 Å². The smallest absolute Gasteiger partial charge is 0.239 e. The summed E-state index contributed by atoms with van der Waals surface area (Å²) in [5.41, 5.74) is 3.30. The van der Waals surface area contributed by atoms with Gasteiger partial charge in [-0.15, -0.1) is 11.3 Å². The maximum absolute atomic E-state index is 12.6. The summed E-state index contributed by atoms with van der Waals surface area (Å²) >= 11 is 1.69. The third-order valence-corrected chi connectivity index (χ3v) is 5.65. The van der Waals surface area contributed by atoms with Gasteiger partial charge >= 0.3 is 0 Å². The fourth-order valence-electron chi connectivity index (χ4n) is 3.38. The fourth-order valence-corrected chi connectivity index (χ4v) is 4.13. The van der Waals surface area contributed by atoms with E-state index >= 15 is 0 Å². The Morgan fingerprint density at radius 3 is 2.79 bits per heavy atom. The zero-order chi connectivity index (χ0) is 19.3. The SMILES string of the molecule is COc1cccc(CCNC(=O)Cn2c(-c3cccs3)cc3ccccc32)c1. The van der Waals surface area contributed by atoms with Crippen LogP contribution in [0.1, 0.15) is 5.56 Å². The van der Waals surface area contributed by atoms with Gasteiger partial charge in [0.05, 0.1) is 17.7 Å². The van der Waals surface area contributed by atoms with Crippen molar-refractivity contribution in [3.05, 3.63) is 77.7 Å². The van der Waals surface area contributed by atoms with E-state index in [1.54, 1.807) is 18.4 Å². The first kappa shape index (κ1) is 18.3. The van der Waals surface area contributed by atoms with Crippen LogP contribution in [0.15, 0.2) is 72.1 Å². The van der Waals surface area contributed by atoms with Crippen LogP contribution in [-0.2, 0) is 17.8 Å². The molecule has 0 fully saturated rings. The minimum absolute atomic E-state index is 0.0158. The van der Waals surface area contributed by atoms with Crippen LogP contribution in [0.2, 0.25) is 0 Å². The number of hydrogen-bond acceptors (Lipinski definition) is 3. The summed E-state index contributed by atoms with van der Waals surface area (Å²) in [5.74, 6) is 0.852. The summed E-state index contributed by atoms with van der Waals surface area (Å²) in [6.07, 6.45) is 0.771. The molecule has 0 aliphatic rings. The molecule has 0 unspecified atom stereocenters. The Hall–Kier alpha value is -3.05. The largest absolute Gasteiger partial charge is 0.497 e. The highest BCUT2D eigenvalue weighted by Gasteiger charge is 2.14. The highest BCUT2D eigenvalue weighted by atomic mass is 32.1. The standard InChI is InChI=1S/C23H22N2O2S/c1-27-19-8-4-6-17(14-19)11-12-24-23(26)16-25-20-9-3-2-7-18(20)15-21(25)22-10-5-13-28-22/h2-10,13-15H,11-12,16H2,1H3,(H,24,26). The van der Waals surface area contributed by atoms with Gasteiger partial charge in [-0.3, -0.25) is 4.79 Å². The molecule has 4 aromatic rings. The lowest BCUT2D eigenvalue weighted by molar-refractivity contribution is -0.121. The van der Waals surface area contributed by atoms with Crippen molar-refractivity contribution in [1.82, 2.24) is 9.88 Å². The summed E-state index contributed by atoms with van der Waals surface area (Å²) in [7, 11) is 1.66. The van der Waals surface area contributed by atoms with Crippen molar-refractivity contribution in [3.8, 4) is 16.3 Å². The lowest BCUT2D eigenvalue weighted by Crippen LogP contribution is -2.29. The average Bonchev–Trinajstić information content (AvgIpc) is 3.36. The average molecular weight is 391 g/mol. The number of benzene rings is 2. The molecule has 0 radical (unpaired) electrons. The number of nitrogens with zero attached hydrogens (tertiary/aromatic N) is 1. The predicted octanol–water partition coefficient (Wildman–Crippen LogP) is 4.74. The molecule has 142 valence electrons. The Morgan fingerprint density at radius 2 is 1.96 bits per heavy atom. The van der Waals surface area contributed by atoms with E-state index in [2.05, 4.69) is 39.5 Å². The van der Waals surface area contributed by atoms with Crippen molar-refractivity contribution in [3.63, 3.8) is 0 Å². The molecule has 28 heavy (non-hydrogen) atoms. The van der Waals surface area contributed by atoms with Gasteiger partial charge in [-0.25, -0.2) is 0 Å². The number of amides is 1. The molecular formula is C23H22N2O2S. The number of hydrogen-bond donors (Lipinski definition) is 1. The molecule has 0 bridgehead atoms. The van der Waals surface area contributed by atoms with Crippen LogP contribution in [0.4, 0.5) is 0 Å². The first-order chi connectivity index (χ1) is 13.7. The van der Waals surface area contributed by atoms with E-state index in [9.17, 15) is 4.79 Å². The molecule has 4 rings (SSSR count). The quantitative estimate of drug-likeness (QED) is 0.495. The molecule has 4 nitrogen and oxygen atoms in total. The van der Waals surface area contributed by atoms with Crippen molar-refractivity contribution in [2.75, 3.05) is 13.7 Å². The number of thiophene rings is 1. The molecule has 0 spiro atoms. The van der Waals surface area contributed by atoms with Crippen molar-refractivity contribution >= 4 is 28.1 Å². The maximum Gasteiger partial charge on any atom is 0.239 e. The molecule has 2 aromatic heterocycles. The van der Waals surface area contributed by atoms with Gasteiger partial charge in [0.15, 0.2) is 0 Å². The van der Waals surface area contributed by atoms with E-state index < -0.39 is 0 Å². The second kappa shape index (κ2) is 8.31.